The fourth-order valence-electron chi connectivity index (χ4n) is 3.88. The lowest BCUT2D eigenvalue weighted by atomic mass is 9.74. The van der Waals surface area contributed by atoms with Crippen molar-refractivity contribution in [2.75, 3.05) is 6.79 Å². The summed E-state index contributed by atoms with van der Waals surface area (Å²) in [5, 5.41) is 3.29. The summed E-state index contributed by atoms with van der Waals surface area (Å²) in [6.07, 6.45) is 2.22. The molecule has 2 aliphatic heterocycles. The van der Waals surface area contributed by atoms with E-state index in [0.717, 1.165) is 35.4 Å². The Morgan fingerprint density at radius 2 is 2.00 bits per heavy atom. The predicted octanol–water partition coefficient (Wildman–Crippen LogP) is 2.97. The minimum Gasteiger partial charge on any atom is -0.454 e. The molecule has 3 aliphatic rings. The number of nitrogens with one attached hydrogen (secondary N) is 1. The first-order valence-electron chi connectivity index (χ1n) is 8.21. The van der Waals surface area contributed by atoms with E-state index in [9.17, 15) is 9.59 Å². The Morgan fingerprint density at radius 3 is 2.79 bits per heavy atom. The molecule has 1 aromatic rings. The average molecular weight is 325 g/mol. The third kappa shape index (κ3) is 2.23. The second-order valence-electron chi connectivity index (χ2n) is 6.43. The Balaban J connectivity index is 1.89. The van der Waals surface area contributed by atoms with Crippen molar-refractivity contribution in [1.82, 2.24) is 5.32 Å². The van der Waals surface area contributed by atoms with Crippen molar-refractivity contribution in [1.29, 1.82) is 0 Å². The van der Waals surface area contributed by atoms with Gasteiger partial charge in [0.15, 0.2) is 23.1 Å². The second kappa shape index (κ2) is 5.51. The van der Waals surface area contributed by atoms with Gasteiger partial charge in [0.1, 0.15) is 0 Å². The zero-order valence-electron chi connectivity index (χ0n) is 13.8. The first-order chi connectivity index (χ1) is 11.6. The number of Topliss-reactive ketones (excluding diaryl/α,β-unsaturated/α-hetero) is 2. The number of ketones is 2. The van der Waals surface area contributed by atoms with Crippen LogP contribution in [0.3, 0.4) is 0 Å². The normalized spacial score (nSPS) is 22.4. The van der Waals surface area contributed by atoms with Gasteiger partial charge < -0.3 is 14.8 Å². The topological polar surface area (TPSA) is 64.6 Å². The first-order valence-corrected chi connectivity index (χ1v) is 8.21. The predicted molar refractivity (Wildman–Crippen MR) is 87.7 cm³/mol. The van der Waals surface area contributed by atoms with Gasteiger partial charge in [0.2, 0.25) is 6.79 Å². The summed E-state index contributed by atoms with van der Waals surface area (Å²) in [6.45, 7) is 3.66. The van der Waals surface area contributed by atoms with E-state index >= 15 is 0 Å². The highest BCUT2D eigenvalue weighted by Gasteiger charge is 2.37. The number of ether oxygens (including phenoxy) is 2. The number of carbonyl (C=O) groups is 2. The smallest absolute Gasteiger partial charge is 0.231 e. The van der Waals surface area contributed by atoms with Crippen LogP contribution in [-0.2, 0) is 9.59 Å². The van der Waals surface area contributed by atoms with Crippen LogP contribution in [-0.4, -0.2) is 18.4 Å². The van der Waals surface area contributed by atoms with E-state index in [-0.39, 0.29) is 24.3 Å². The van der Waals surface area contributed by atoms with E-state index in [0.29, 0.717) is 23.5 Å². The molecule has 0 amide bonds. The lowest BCUT2D eigenvalue weighted by Gasteiger charge is -2.34. The summed E-state index contributed by atoms with van der Waals surface area (Å²) in [4.78, 5) is 25.0. The van der Waals surface area contributed by atoms with E-state index in [1.54, 1.807) is 6.92 Å². The van der Waals surface area contributed by atoms with Gasteiger partial charge >= 0.3 is 0 Å². The molecule has 5 heteroatoms. The van der Waals surface area contributed by atoms with Gasteiger partial charge in [0.05, 0.1) is 0 Å². The highest BCUT2D eigenvalue weighted by atomic mass is 16.7. The van der Waals surface area contributed by atoms with E-state index in [1.807, 2.05) is 25.1 Å². The summed E-state index contributed by atoms with van der Waals surface area (Å²) in [5.74, 6) is 1.13. The Bertz CT molecular complexity index is 819. The van der Waals surface area contributed by atoms with E-state index in [4.69, 9.17) is 9.47 Å². The fourth-order valence-corrected chi connectivity index (χ4v) is 3.88. The lowest BCUT2D eigenvalue weighted by Crippen LogP contribution is -2.33. The molecule has 0 saturated carbocycles. The van der Waals surface area contributed by atoms with Crippen LogP contribution in [0.4, 0.5) is 0 Å². The molecule has 0 spiro atoms. The molecule has 1 aliphatic carbocycles. The summed E-state index contributed by atoms with van der Waals surface area (Å²) < 4.78 is 10.8. The zero-order valence-corrected chi connectivity index (χ0v) is 13.8. The molecule has 1 unspecified atom stereocenters. The molecule has 1 N–H and O–H groups in total. The first kappa shape index (κ1) is 15.0. The number of benzene rings is 1. The third-order valence-corrected chi connectivity index (χ3v) is 4.89. The van der Waals surface area contributed by atoms with Crippen molar-refractivity contribution in [3.8, 4) is 11.5 Å². The number of hydrogen-bond acceptors (Lipinski definition) is 5. The SMILES string of the molecule is CC(=O)C1=C(C)NC2=C(C(=O)CCC2)C1c1ccc2c(c1)OCO2. The van der Waals surface area contributed by atoms with Crippen LogP contribution >= 0.6 is 0 Å². The quantitative estimate of drug-likeness (QED) is 0.905. The summed E-state index contributed by atoms with van der Waals surface area (Å²) in [5.41, 5.74) is 4.07. The molecule has 0 fully saturated rings. The van der Waals surface area contributed by atoms with Gasteiger partial charge in [0, 0.05) is 34.9 Å². The van der Waals surface area contributed by atoms with Crippen LogP contribution in [0.25, 0.3) is 0 Å². The molecule has 2 heterocycles. The highest BCUT2D eigenvalue weighted by molar-refractivity contribution is 6.05. The molecular weight excluding hydrogens is 306 g/mol. The van der Waals surface area contributed by atoms with E-state index in [2.05, 4.69) is 5.32 Å². The van der Waals surface area contributed by atoms with Gasteiger partial charge in [-0.05, 0) is 44.4 Å². The largest absolute Gasteiger partial charge is 0.454 e. The molecule has 0 saturated heterocycles. The molecule has 0 radical (unpaired) electrons. The van der Waals surface area contributed by atoms with Gasteiger partial charge in [0.25, 0.3) is 0 Å². The summed E-state index contributed by atoms with van der Waals surface area (Å²) >= 11 is 0. The van der Waals surface area contributed by atoms with Crippen LogP contribution in [0.15, 0.2) is 40.7 Å². The maximum atomic E-state index is 12.6. The monoisotopic (exact) mass is 325 g/mol. The average Bonchev–Trinajstić information content (AvgIpc) is 3.00. The number of rotatable bonds is 2. The standard InChI is InChI=1S/C19H19NO4/c1-10-17(11(2)21)18(19-13(20-10)4-3-5-14(19)22)12-6-7-15-16(8-12)24-9-23-15/h6-8,18,20H,3-5,9H2,1-2H3. The molecule has 1 atom stereocenters. The maximum Gasteiger partial charge on any atom is 0.231 e. The number of fused-ring (bicyclic) bond motifs is 1. The molecule has 1 aromatic carbocycles. The zero-order chi connectivity index (χ0) is 16.8. The van der Waals surface area contributed by atoms with Crippen molar-refractivity contribution in [2.24, 2.45) is 0 Å². The van der Waals surface area contributed by atoms with Crippen LogP contribution in [0, 0.1) is 0 Å². The Labute approximate surface area is 140 Å². The third-order valence-electron chi connectivity index (χ3n) is 4.89. The van der Waals surface area contributed by atoms with Crippen molar-refractivity contribution in [3.05, 3.63) is 46.3 Å². The van der Waals surface area contributed by atoms with Crippen molar-refractivity contribution in [3.63, 3.8) is 0 Å². The number of dihydropyridines is 1. The lowest BCUT2D eigenvalue weighted by molar-refractivity contribution is -0.116. The molecular formula is C19H19NO4. The highest BCUT2D eigenvalue weighted by Crippen LogP contribution is 2.44. The molecule has 0 aromatic heterocycles. The van der Waals surface area contributed by atoms with Crippen molar-refractivity contribution < 1.29 is 19.1 Å². The summed E-state index contributed by atoms with van der Waals surface area (Å²) in [6, 6.07) is 5.66. The molecule has 5 nitrogen and oxygen atoms in total. The van der Waals surface area contributed by atoms with Crippen molar-refractivity contribution in [2.45, 2.75) is 39.0 Å². The van der Waals surface area contributed by atoms with E-state index in [1.165, 1.54) is 0 Å². The Kier molecular flexibility index (Phi) is 3.44. The number of carbonyl (C=O) groups excluding carboxylic acids is 2. The maximum absolute atomic E-state index is 12.6. The van der Waals surface area contributed by atoms with E-state index < -0.39 is 0 Å². The van der Waals surface area contributed by atoms with Crippen molar-refractivity contribution >= 4 is 11.6 Å². The number of allylic oxidation sites excluding steroid dienone is 4. The van der Waals surface area contributed by atoms with Gasteiger partial charge in [-0.25, -0.2) is 0 Å². The molecule has 0 bridgehead atoms. The second-order valence-corrected chi connectivity index (χ2v) is 6.43. The molecule has 4 rings (SSSR count). The fraction of sp³-hybridized carbons (Fsp3) is 0.368. The van der Waals surface area contributed by atoms with Crippen LogP contribution < -0.4 is 14.8 Å². The Hall–Kier alpha value is -2.56. The van der Waals surface area contributed by atoms with Gasteiger partial charge in [-0.2, -0.15) is 0 Å². The van der Waals surface area contributed by atoms with Crippen LogP contribution in [0.1, 0.15) is 44.6 Å². The molecule has 124 valence electrons. The Morgan fingerprint density at radius 1 is 1.21 bits per heavy atom. The van der Waals surface area contributed by atoms with Crippen LogP contribution in [0.2, 0.25) is 0 Å². The molecule has 24 heavy (non-hydrogen) atoms. The van der Waals surface area contributed by atoms with Gasteiger partial charge in [-0.3, -0.25) is 9.59 Å². The van der Waals surface area contributed by atoms with Crippen LogP contribution in [0.5, 0.6) is 11.5 Å². The minimum atomic E-state index is -0.332. The van der Waals surface area contributed by atoms with Gasteiger partial charge in [-0.1, -0.05) is 6.07 Å². The van der Waals surface area contributed by atoms with Gasteiger partial charge in [-0.15, -0.1) is 0 Å². The number of hydrogen-bond donors (Lipinski definition) is 1. The summed E-state index contributed by atoms with van der Waals surface area (Å²) in [7, 11) is 0. The minimum absolute atomic E-state index is 0.0207.